The van der Waals surface area contributed by atoms with Crippen LogP contribution in [0.25, 0.3) is 11.1 Å². The van der Waals surface area contributed by atoms with E-state index in [1.165, 1.54) is 23.8 Å². The fraction of sp³-hybridized carbons (Fsp3) is 0.0952. The summed E-state index contributed by atoms with van der Waals surface area (Å²) in [5.41, 5.74) is 1.77. The summed E-state index contributed by atoms with van der Waals surface area (Å²) in [5.74, 6) is 3.58. The standard InChI is InChI=1S/C21H17F2N5O2S/c1-30-21-17(27-31-18-6-5-15(22)10-16(18)23)9-14(11-26-21)13-4-7-20(25)28(12-13)19(24)3-2-8-29/h4-7,9-12,24-25,27,29H,8H2,1H3. The largest absolute Gasteiger partial charge is 0.480 e. The van der Waals surface area contributed by atoms with E-state index in [4.69, 9.17) is 20.7 Å². The van der Waals surface area contributed by atoms with E-state index >= 15 is 0 Å². The molecule has 3 rings (SSSR count). The summed E-state index contributed by atoms with van der Waals surface area (Å²) in [6, 6.07) is 8.18. The molecule has 158 valence electrons. The highest BCUT2D eigenvalue weighted by Gasteiger charge is 2.11. The number of aliphatic hydroxyl groups is 1. The number of rotatable bonds is 5. The van der Waals surface area contributed by atoms with Crippen LogP contribution in [0.15, 0.2) is 53.7 Å². The van der Waals surface area contributed by atoms with Gasteiger partial charge < -0.3 is 14.6 Å². The first kappa shape index (κ1) is 22.0. The molecule has 0 bridgehead atoms. The molecule has 0 saturated carbocycles. The minimum Gasteiger partial charge on any atom is -0.480 e. The van der Waals surface area contributed by atoms with Crippen LogP contribution < -0.4 is 14.9 Å². The van der Waals surface area contributed by atoms with Gasteiger partial charge >= 0.3 is 0 Å². The molecule has 7 nitrogen and oxygen atoms in total. The lowest BCUT2D eigenvalue weighted by molar-refractivity contribution is 0.350. The second-order valence-corrected chi connectivity index (χ2v) is 6.89. The zero-order valence-corrected chi connectivity index (χ0v) is 17.1. The van der Waals surface area contributed by atoms with E-state index in [9.17, 15) is 8.78 Å². The number of nitrogens with zero attached hydrogens (tertiary/aromatic N) is 2. The third-order valence-corrected chi connectivity index (χ3v) is 4.89. The highest BCUT2D eigenvalue weighted by molar-refractivity contribution is 8.00. The number of hydrogen-bond acceptors (Lipinski definition) is 7. The molecule has 10 heteroatoms. The molecule has 1 aromatic carbocycles. The van der Waals surface area contributed by atoms with E-state index in [-0.39, 0.29) is 28.7 Å². The van der Waals surface area contributed by atoms with E-state index in [1.807, 2.05) is 0 Å². The van der Waals surface area contributed by atoms with Crippen LogP contribution in [0.5, 0.6) is 5.88 Å². The van der Waals surface area contributed by atoms with Crippen LogP contribution in [-0.4, -0.2) is 34.2 Å². The predicted molar refractivity (Wildman–Crippen MR) is 114 cm³/mol. The predicted octanol–water partition coefficient (Wildman–Crippen LogP) is 3.26. The van der Waals surface area contributed by atoms with Gasteiger partial charge in [0.2, 0.25) is 5.88 Å². The topological polar surface area (TPSA) is 107 Å². The first-order chi connectivity index (χ1) is 14.9. The van der Waals surface area contributed by atoms with Crippen molar-refractivity contribution in [1.29, 1.82) is 10.8 Å². The summed E-state index contributed by atoms with van der Waals surface area (Å²) in [7, 11) is 1.44. The maximum Gasteiger partial charge on any atom is 0.237 e. The molecular formula is C21H17F2N5O2S. The van der Waals surface area contributed by atoms with Crippen molar-refractivity contribution in [3.05, 3.63) is 65.9 Å². The summed E-state index contributed by atoms with van der Waals surface area (Å²) in [6.07, 6.45) is 3.11. The van der Waals surface area contributed by atoms with E-state index in [2.05, 4.69) is 21.5 Å². The highest BCUT2D eigenvalue weighted by atomic mass is 32.2. The van der Waals surface area contributed by atoms with E-state index < -0.39 is 11.6 Å². The monoisotopic (exact) mass is 441 g/mol. The summed E-state index contributed by atoms with van der Waals surface area (Å²) in [6.45, 7) is -0.389. The molecule has 0 aliphatic rings. The highest BCUT2D eigenvalue weighted by Crippen LogP contribution is 2.32. The number of nitrogens with one attached hydrogen (secondary N) is 3. The second kappa shape index (κ2) is 9.88. The summed E-state index contributed by atoms with van der Waals surface area (Å²) in [5, 5.41) is 24.8. The lowest BCUT2D eigenvalue weighted by Gasteiger charge is -2.13. The van der Waals surface area contributed by atoms with Crippen LogP contribution in [0.2, 0.25) is 0 Å². The van der Waals surface area contributed by atoms with Gasteiger partial charge in [0.25, 0.3) is 0 Å². The molecule has 0 radical (unpaired) electrons. The molecule has 0 unspecified atom stereocenters. The third kappa shape index (κ3) is 5.28. The molecule has 0 atom stereocenters. The van der Waals surface area contributed by atoms with Gasteiger partial charge in [-0.15, -0.1) is 0 Å². The zero-order valence-electron chi connectivity index (χ0n) is 16.2. The average molecular weight is 441 g/mol. The first-order valence-electron chi connectivity index (χ1n) is 8.81. The molecule has 31 heavy (non-hydrogen) atoms. The number of methoxy groups -OCH3 is 1. The van der Waals surface area contributed by atoms with Crippen molar-refractivity contribution in [1.82, 2.24) is 9.55 Å². The van der Waals surface area contributed by atoms with Crippen LogP contribution in [0, 0.1) is 34.3 Å². The lowest BCUT2D eigenvalue weighted by Crippen LogP contribution is -2.24. The van der Waals surface area contributed by atoms with Crippen molar-refractivity contribution >= 4 is 23.5 Å². The quantitative estimate of drug-likeness (QED) is 0.210. The van der Waals surface area contributed by atoms with Gasteiger partial charge in [-0.1, -0.05) is 5.92 Å². The smallest absolute Gasteiger partial charge is 0.237 e. The molecule has 2 heterocycles. The Morgan fingerprint density at radius 1 is 1.26 bits per heavy atom. The SMILES string of the molecule is COc1ncc(-c2ccc(=N)n(C(=N)C#CCO)c2)cc1NSc1ccc(F)cc1F. The molecule has 0 saturated heterocycles. The molecule has 2 aromatic heterocycles. The van der Waals surface area contributed by atoms with E-state index in [0.29, 0.717) is 16.8 Å². The Morgan fingerprint density at radius 2 is 2.06 bits per heavy atom. The van der Waals surface area contributed by atoms with Crippen LogP contribution in [-0.2, 0) is 0 Å². The van der Waals surface area contributed by atoms with Crippen molar-refractivity contribution in [2.45, 2.75) is 4.90 Å². The second-order valence-electron chi connectivity index (χ2n) is 6.04. The van der Waals surface area contributed by atoms with Crippen molar-refractivity contribution in [3.8, 4) is 28.8 Å². The zero-order chi connectivity index (χ0) is 22.4. The molecule has 0 spiro atoms. The number of hydrogen-bond donors (Lipinski definition) is 4. The van der Waals surface area contributed by atoms with E-state index in [0.717, 1.165) is 24.1 Å². The maximum absolute atomic E-state index is 13.9. The Morgan fingerprint density at radius 3 is 2.77 bits per heavy atom. The molecule has 0 amide bonds. The van der Waals surface area contributed by atoms with E-state index in [1.54, 1.807) is 24.5 Å². The Kier molecular flexibility index (Phi) is 7.02. The minimum atomic E-state index is -0.699. The number of aromatic nitrogens is 2. The van der Waals surface area contributed by atoms with Crippen molar-refractivity contribution in [3.63, 3.8) is 0 Å². The fourth-order valence-electron chi connectivity index (χ4n) is 2.55. The van der Waals surface area contributed by atoms with Gasteiger partial charge in [-0.2, -0.15) is 0 Å². The average Bonchev–Trinajstić information content (AvgIpc) is 2.77. The number of pyridine rings is 2. The molecular weight excluding hydrogens is 424 g/mol. The van der Waals surface area contributed by atoms with Crippen molar-refractivity contribution < 1.29 is 18.6 Å². The third-order valence-electron chi connectivity index (χ3n) is 4.02. The minimum absolute atomic E-state index is 0.0446. The van der Waals surface area contributed by atoms with Gasteiger partial charge in [0, 0.05) is 29.6 Å². The van der Waals surface area contributed by atoms with Crippen LogP contribution in [0.3, 0.4) is 0 Å². The van der Waals surface area contributed by atoms with Crippen molar-refractivity contribution in [2.75, 3.05) is 18.4 Å². The molecule has 0 aliphatic heterocycles. The van der Waals surface area contributed by atoms with Crippen LogP contribution in [0.1, 0.15) is 0 Å². The Hall–Kier alpha value is -3.68. The van der Waals surface area contributed by atoms with Gasteiger partial charge in [-0.3, -0.25) is 15.4 Å². The Bertz CT molecular complexity index is 1250. The summed E-state index contributed by atoms with van der Waals surface area (Å²) >= 11 is 0.939. The molecule has 4 N–H and O–H groups in total. The number of benzene rings is 1. The number of halogens is 2. The van der Waals surface area contributed by atoms with Gasteiger partial charge in [-0.05, 0) is 48.2 Å². The first-order valence-corrected chi connectivity index (χ1v) is 9.63. The summed E-state index contributed by atoms with van der Waals surface area (Å²) < 4.78 is 36.5. The van der Waals surface area contributed by atoms with Gasteiger partial charge in [-0.25, -0.2) is 13.8 Å². The van der Waals surface area contributed by atoms with Crippen LogP contribution in [0.4, 0.5) is 14.5 Å². The van der Waals surface area contributed by atoms with Crippen molar-refractivity contribution in [2.24, 2.45) is 0 Å². The molecule has 0 fully saturated rings. The number of ether oxygens (including phenoxy) is 1. The van der Waals surface area contributed by atoms with Gasteiger partial charge in [0.1, 0.15) is 29.4 Å². The number of aliphatic hydroxyl groups excluding tert-OH is 1. The normalized spacial score (nSPS) is 10.2. The molecule has 3 aromatic rings. The Labute approximate surface area is 180 Å². The Balaban J connectivity index is 1.93. The van der Waals surface area contributed by atoms with Gasteiger partial charge in [0.05, 0.1) is 12.0 Å². The lowest BCUT2D eigenvalue weighted by atomic mass is 10.1. The molecule has 0 aliphatic carbocycles. The summed E-state index contributed by atoms with van der Waals surface area (Å²) in [4.78, 5) is 4.44. The fourth-order valence-corrected chi connectivity index (χ4v) is 3.21. The van der Waals surface area contributed by atoms with Gasteiger partial charge in [0.15, 0.2) is 5.84 Å². The maximum atomic E-state index is 13.9. The number of anilines is 1. The van der Waals surface area contributed by atoms with Crippen LogP contribution >= 0.6 is 11.9 Å².